The first kappa shape index (κ1) is 14.0. The molecular weight excluding hydrogens is 228 g/mol. The highest BCUT2D eigenvalue weighted by Gasteiger charge is 2.56. The molecule has 3 nitrogen and oxygen atoms in total. The van der Waals surface area contributed by atoms with Crippen molar-refractivity contribution < 1.29 is 15.3 Å². The zero-order valence-electron chi connectivity index (χ0n) is 11.5. The summed E-state index contributed by atoms with van der Waals surface area (Å²) < 4.78 is 0. The van der Waals surface area contributed by atoms with Crippen molar-refractivity contribution in [2.75, 3.05) is 13.2 Å². The molecule has 0 aromatic rings. The van der Waals surface area contributed by atoms with E-state index < -0.39 is 5.60 Å². The molecule has 0 aliphatic heterocycles. The van der Waals surface area contributed by atoms with Crippen LogP contribution >= 0.6 is 0 Å². The largest absolute Gasteiger partial charge is 0.396 e. The molecular formula is C15H26O3. The van der Waals surface area contributed by atoms with Crippen LogP contribution in [0.2, 0.25) is 0 Å². The molecule has 0 heterocycles. The molecule has 5 atom stereocenters. The van der Waals surface area contributed by atoms with Crippen LogP contribution in [0.3, 0.4) is 0 Å². The number of aliphatic hydroxyl groups excluding tert-OH is 2. The number of hydrogen-bond acceptors (Lipinski definition) is 3. The lowest BCUT2D eigenvalue weighted by Gasteiger charge is -2.57. The Hall–Kier alpha value is -0.380. The van der Waals surface area contributed by atoms with Gasteiger partial charge in [-0.2, -0.15) is 0 Å². The van der Waals surface area contributed by atoms with Crippen LogP contribution in [0.4, 0.5) is 0 Å². The number of allylic oxidation sites excluding steroid dienone is 1. The van der Waals surface area contributed by atoms with Gasteiger partial charge in [-0.3, -0.25) is 0 Å². The summed E-state index contributed by atoms with van der Waals surface area (Å²) >= 11 is 0. The summed E-state index contributed by atoms with van der Waals surface area (Å²) in [5.74, 6) is 0.644. The summed E-state index contributed by atoms with van der Waals surface area (Å²) in [5.41, 5.74) is 0.0109. The van der Waals surface area contributed by atoms with Crippen molar-refractivity contribution in [2.45, 2.75) is 45.1 Å². The van der Waals surface area contributed by atoms with Gasteiger partial charge < -0.3 is 15.3 Å². The van der Waals surface area contributed by atoms with Crippen LogP contribution in [0, 0.1) is 23.2 Å². The van der Waals surface area contributed by atoms with Gasteiger partial charge in [0, 0.05) is 12.5 Å². The Morgan fingerprint density at radius 3 is 2.50 bits per heavy atom. The summed E-state index contributed by atoms with van der Waals surface area (Å²) in [7, 11) is 0. The first-order valence-corrected chi connectivity index (χ1v) is 7.02. The van der Waals surface area contributed by atoms with Gasteiger partial charge in [-0.1, -0.05) is 26.0 Å². The minimum atomic E-state index is -1.12. The summed E-state index contributed by atoms with van der Waals surface area (Å²) in [6.07, 6.45) is 3.48. The van der Waals surface area contributed by atoms with Gasteiger partial charge in [0.25, 0.3) is 0 Å². The second-order valence-corrected chi connectivity index (χ2v) is 6.61. The maximum atomic E-state index is 10.6. The Balaban J connectivity index is 2.35. The van der Waals surface area contributed by atoms with E-state index in [2.05, 4.69) is 20.4 Å². The van der Waals surface area contributed by atoms with Crippen molar-refractivity contribution in [2.24, 2.45) is 23.2 Å². The van der Waals surface area contributed by atoms with Gasteiger partial charge in [0.1, 0.15) is 0 Å². The fourth-order valence-electron chi connectivity index (χ4n) is 4.34. The molecule has 18 heavy (non-hydrogen) atoms. The zero-order chi connectivity index (χ0) is 13.6. The number of rotatable bonds is 2. The molecule has 0 unspecified atom stereocenters. The monoisotopic (exact) mass is 254 g/mol. The third-order valence-electron chi connectivity index (χ3n) is 5.76. The van der Waals surface area contributed by atoms with Gasteiger partial charge in [0.15, 0.2) is 0 Å². The Labute approximate surface area is 110 Å². The molecule has 104 valence electrons. The predicted molar refractivity (Wildman–Crippen MR) is 71.0 cm³/mol. The van der Waals surface area contributed by atoms with Crippen LogP contribution in [0.25, 0.3) is 0 Å². The van der Waals surface area contributed by atoms with Crippen LogP contribution in [0.5, 0.6) is 0 Å². The standard InChI is InChI=1S/C15H26O3/c1-10-4-6-14(3)12(11(10)2)5-7-15(18,9-17)13(14)8-16/h10,12-13,16-18H,2,4-9H2,1,3H3/t10-,12+,13-,14+,15+/m1/s1. The molecule has 2 rings (SSSR count). The van der Waals surface area contributed by atoms with Crippen LogP contribution in [-0.2, 0) is 0 Å². The molecule has 2 aliphatic rings. The Kier molecular flexibility index (Phi) is 3.60. The van der Waals surface area contributed by atoms with Gasteiger partial charge in [-0.05, 0) is 42.9 Å². The first-order valence-electron chi connectivity index (χ1n) is 7.02. The van der Waals surface area contributed by atoms with E-state index in [1.807, 2.05) is 0 Å². The van der Waals surface area contributed by atoms with E-state index in [4.69, 9.17) is 0 Å². The smallest absolute Gasteiger partial charge is 0.0932 e. The van der Waals surface area contributed by atoms with Crippen molar-refractivity contribution in [1.82, 2.24) is 0 Å². The van der Waals surface area contributed by atoms with Gasteiger partial charge in [0.2, 0.25) is 0 Å². The minimum Gasteiger partial charge on any atom is -0.396 e. The molecule has 0 aromatic carbocycles. The van der Waals surface area contributed by atoms with Gasteiger partial charge >= 0.3 is 0 Å². The quantitative estimate of drug-likeness (QED) is 0.658. The van der Waals surface area contributed by atoms with Crippen LogP contribution in [-0.4, -0.2) is 34.1 Å². The number of fused-ring (bicyclic) bond motifs is 1. The normalized spacial score (nSPS) is 48.9. The van der Waals surface area contributed by atoms with Gasteiger partial charge in [0.05, 0.1) is 12.2 Å². The highest BCUT2D eigenvalue weighted by atomic mass is 16.3. The van der Waals surface area contributed by atoms with Crippen LogP contribution in [0.1, 0.15) is 39.5 Å². The molecule has 0 radical (unpaired) electrons. The lowest BCUT2D eigenvalue weighted by atomic mass is 9.49. The number of hydrogen-bond donors (Lipinski definition) is 3. The minimum absolute atomic E-state index is 0.0638. The van der Waals surface area contributed by atoms with Crippen molar-refractivity contribution in [3.05, 3.63) is 12.2 Å². The van der Waals surface area contributed by atoms with Crippen molar-refractivity contribution in [1.29, 1.82) is 0 Å². The third-order valence-corrected chi connectivity index (χ3v) is 5.76. The third kappa shape index (κ3) is 1.84. The second-order valence-electron chi connectivity index (χ2n) is 6.61. The van der Waals surface area contributed by atoms with Gasteiger partial charge in [-0.25, -0.2) is 0 Å². The van der Waals surface area contributed by atoms with E-state index in [0.717, 1.165) is 19.3 Å². The Bertz CT molecular complexity index is 341. The maximum Gasteiger partial charge on any atom is 0.0932 e. The molecule has 0 saturated heterocycles. The Morgan fingerprint density at radius 2 is 1.94 bits per heavy atom. The van der Waals surface area contributed by atoms with Crippen molar-refractivity contribution in [3.8, 4) is 0 Å². The van der Waals surface area contributed by atoms with E-state index >= 15 is 0 Å². The summed E-state index contributed by atoms with van der Waals surface area (Å²) in [5, 5.41) is 29.8. The molecule has 3 N–H and O–H groups in total. The average Bonchev–Trinajstić information content (AvgIpc) is 2.34. The lowest BCUT2D eigenvalue weighted by Crippen LogP contribution is -2.59. The van der Waals surface area contributed by atoms with E-state index in [0.29, 0.717) is 18.3 Å². The molecule has 0 spiro atoms. The predicted octanol–water partition coefficient (Wildman–Crippen LogP) is 1.72. The zero-order valence-corrected chi connectivity index (χ0v) is 11.5. The first-order chi connectivity index (χ1) is 8.39. The summed E-state index contributed by atoms with van der Waals surface area (Å²) in [4.78, 5) is 0. The fourth-order valence-corrected chi connectivity index (χ4v) is 4.34. The molecule has 2 fully saturated rings. The summed E-state index contributed by atoms with van der Waals surface area (Å²) in [6.45, 7) is 8.28. The van der Waals surface area contributed by atoms with Crippen molar-refractivity contribution in [3.63, 3.8) is 0 Å². The van der Waals surface area contributed by atoms with E-state index in [-0.39, 0.29) is 24.5 Å². The van der Waals surface area contributed by atoms with Crippen molar-refractivity contribution >= 4 is 0 Å². The molecule has 0 amide bonds. The SMILES string of the molecule is C=C1[C@H](C)CC[C@@]2(C)[C@H]1CC[C@](O)(CO)[C@@H]2CO. The summed E-state index contributed by atoms with van der Waals surface area (Å²) in [6, 6.07) is 0. The van der Waals surface area contributed by atoms with E-state index in [1.54, 1.807) is 0 Å². The number of aliphatic hydroxyl groups is 3. The highest BCUT2D eigenvalue weighted by Crippen LogP contribution is 2.58. The molecule has 0 bridgehead atoms. The van der Waals surface area contributed by atoms with Crippen LogP contribution < -0.4 is 0 Å². The molecule has 2 aliphatic carbocycles. The maximum absolute atomic E-state index is 10.6. The molecule has 0 aromatic heterocycles. The average molecular weight is 254 g/mol. The highest BCUT2D eigenvalue weighted by molar-refractivity contribution is 5.19. The van der Waals surface area contributed by atoms with E-state index in [9.17, 15) is 15.3 Å². The lowest BCUT2D eigenvalue weighted by molar-refractivity contribution is -0.171. The molecule has 2 saturated carbocycles. The molecule has 3 heteroatoms. The Morgan fingerprint density at radius 1 is 1.28 bits per heavy atom. The topological polar surface area (TPSA) is 60.7 Å². The van der Waals surface area contributed by atoms with E-state index in [1.165, 1.54) is 5.57 Å². The fraction of sp³-hybridized carbons (Fsp3) is 0.867. The second kappa shape index (κ2) is 4.62. The van der Waals surface area contributed by atoms with Gasteiger partial charge in [-0.15, -0.1) is 0 Å². The van der Waals surface area contributed by atoms with Crippen LogP contribution in [0.15, 0.2) is 12.2 Å².